The van der Waals surface area contributed by atoms with E-state index in [-0.39, 0.29) is 0 Å². The van der Waals surface area contributed by atoms with E-state index in [0.29, 0.717) is 102 Å². The van der Waals surface area contributed by atoms with Gasteiger partial charge in [0, 0.05) is 86.1 Å². The fourth-order valence-corrected chi connectivity index (χ4v) is 21.1. The van der Waals surface area contributed by atoms with E-state index in [4.69, 9.17) is 36.0 Å². The first kappa shape index (κ1) is 62.2. The van der Waals surface area contributed by atoms with Crippen LogP contribution in [0.2, 0.25) is 12.1 Å². The topological polar surface area (TPSA) is 132 Å². The summed E-state index contributed by atoms with van der Waals surface area (Å²) in [5, 5.41) is 5.80. The monoisotopic (exact) mass is 1070 g/mol. The maximum atomic E-state index is 12.6. The summed E-state index contributed by atoms with van der Waals surface area (Å²) in [4.78, 5) is 28.2. The Hall–Kier alpha value is 0.0538. The van der Waals surface area contributed by atoms with Crippen molar-refractivity contribution >= 4 is 100 Å². The van der Waals surface area contributed by atoms with Gasteiger partial charge >= 0.3 is 29.8 Å². The van der Waals surface area contributed by atoms with Gasteiger partial charge in [-0.15, -0.1) is 23.5 Å². The molecule has 0 saturated heterocycles. The van der Waals surface area contributed by atoms with Crippen LogP contribution in [0.3, 0.4) is 0 Å². The van der Waals surface area contributed by atoms with Gasteiger partial charge in [0.1, 0.15) is 13.2 Å². The minimum atomic E-state index is -2.74. The third-order valence-electron chi connectivity index (χ3n) is 10.1. The number of alkyl carbamates (subject to hydrolysis) is 2. The summed E-state index contributed by atoms with van der Waals surface area (Å²) in [7, 11) is -5.49. The molecule has 0 aromatic carbocycles. The average molecular weight is 1080 g/mol. The Labute approximate surface area is 428 Å². The quantitative estimate of drug-likeness (QED) is 0.0443. The number of ether oxygens (including phenoxy) is 2. The first-order chi connectivity index (χ1) is 32.2. The van der Waals surface area contributed by atoms with Crippen molar-refractivity contribution < 1.29 is 45.6 Å². The van der Waals surface area contributed by atoms with Crippen molar-refractivity contribution in [3.8, 4) is 0 Å². The summed E-state index contributed by atoms with van der Waals surface area (Å²) in [6, 6.07) is 1.29. The Kier molecular flexibility index (Phi) is 37.3. The number of rotatable bonds is 42. The molecule has 0 spiro atoms. The number of thioether (sulfide) groups is 6. The predicted molar refractivity (Wildman–Crippen MR) is 291 cm³/mol. The normalized spacial score (nSPS) is 15.6. The SMILES string of the molecule is CCCCCCCCC1=C(SCCOC(=O)NCCC[Si](OCC)(OCC)OCC)S/C(=C2\SC(CCCCCCCC)=C(SCCOC(=O)NCCC[Si](OCC)(OCC)OCC)S2)S1. The van der Waals surface area contributed by atoms with E-state index in [0.717, 1.165) is 12.8 Å². The molecule has 0 atom stereocenters. The molecule has 0 saturated carbocycles. The Morgan fingerprint density at radius 1 is 0.455 bits per heavy atom. The molecule has 20 heteroatoms. The number of carbonyl (C=O) groups excluding carboxylic acids is 2. The van der Waals surface area contributed by atoms with Crippen molar-refractivity contribution in [2.75, 3.05) is 77.5 Å². The van der Waals surface area contributed by atoms with Gasteiger partial charge in [-0.25, -0.2) is 9.59 Å². The van der Waals surface area contributed by atoms with E-state index in [1.807, 2.05) is 88.6 Å². The molecule has 2 aliphatic heterocycles. The summed E-state index contributed by atoms with van der Waals surface area (Å²) < 4.78 is 52.3. The maximum absolute atomic E-state index is 12.6. The van der Waals surface area contributed by atoms with Gasteiger partial charge in [-0.05, 0) is 80.1 Å². The fourth-order valence-electron chi connectivity index (χ4n) is 7.09. The summed E-state index contributed by atoms with van der Waals surface area (Å²) in [6.45, 7) is 21.0. The second-order valence-electron chi connectivity index (χ2n) is 15.4. The highest BCUT2D eigenvalue weighted by Crippen LogP contribution is 2.64. The first-order valence-corrected chi connectivity index (χ1v) is 34.1. The van der Waals surface area contributed by atoms with E-state index in [9.17, 15) is 9.59 Å². The number of unbranched alkanes of at least 4 members (excludes halogenated alkanes) is 10. The summed E-state index contributed by atoms with van der Waals surface area (Å²) in [5.74, 6) is 1.39. The lowest BCUT2D eigenvalue weighted by molar-refractivity contribution is 0.0699. The number of amides is 2. The van der Waals surface area contributed by atoms with Crippen LogP contribution in [0.25, 0.3) is 0 Å². The van der Waals surface area contributed by atoms with Gasteiger partial charge in [0.2, 0.25) is 0 Å². The Morgan fingerprint density at radius 2 is 0.788 bits per heavy atom. The zero-order valence-corrected chi connectivity index (χ0v) is 48.6. The molecule has 66 heavy (non-hydrogen) atoms. The molecule has 2 heterocycles. The molecular formula is C46H86N2O10S6Si2. The van der Waals surface area contributed by atoms with Crippen molar-refractivity contribution in [3.05, 3.63) is 26.8 Å². The van der Waals surface area contributed by atoms with Crippen LogP contribution < -0.4 is 10.6 Å². The molecule has 12 nitrogen and oxygen atoms in total. The van der Waals surface area contributed by atoms with E-state index in [2.05, 4.69) is 24.5 Å². The van der Waals surface area contributed by atoms with Crippen molar-refractivity contribution in [1.82, 2.24) is 10.6 Å². The Bertz CT molecular complexity index is 1300. The largest absolute Gasteiger partial charge is 0.500 e. The van der Waals surface area contributed by atoms with Crippen LogP contribution >= 0.6 is 70.6 Å². The standard InChI is InChI=1S/C46H86N2O10S6Si2/c1-9-17-19-21-23-25-29-39-41(59-35-33-51-45(49)47-31-27-37-65(53-11-3,54-12-4)55-13-5)63-43(61-39)44-62-40(30-26-24-22-20-18-10-2)42(64-44)60-36-34-52-46(50)48-32-28-38-66(56-14-6,57-15-7)58-16-8/h9-38H2,1-8H3,(H,47,49)(H,48,50)/b44-43+. The first-order valence-electron chi connectivity index (χ1n) is 25.0. The molecule has 0 aromatic rings. The minimum absolute atomic E-state index is 0.337. The van der Waals surface area contributed by atoms with E-state index in [1.54, 1.807) is 23.5 Å². The van der Waals surface area contributed by atoms with Crippen molar-refractivity contribution in [2.45, 2.75) is 170 Å². The van der Waals surface area contributed by atoms with Crippen LogP contribution in [-0.2, 0) is 36.0 Å². The highest BCUT2D eigenvalue weighted by Gasteiger charge is 2.40. The lowest BCUT2D eigenvalue weighted by atomic mass is 10.1. The number of hydrogen-bond acceptors (Lipinski definition) is 16. The number of carbonyl (C=O) groups is 2. The molecule has 2 amide bonds. The second-order valence-corrected chi connectivity index (χ2v) is 28.4. The molecule has 0 aromatic heterocycles. The fraction of sp³-hybridized carbons (Fsp3) is 0.826. The van der Waals surface area contributed by atoms with Crippen LogP contribution in [0.5, 0.6) is 0 Å². The number of hydrogen-bond donors (Lipinski definition) is 2. The van der Waals surface area contributed by atoms with Gasteiger partial charge < -0.3 is 46.7 Å². The second kappa shape index (κ2) is 39.6. The summed E-state index contributed by atoms with van der Waals surface area (Å²) >= 11 is 11.3. The van der Waals surface area contributed by atoms with Crippen LogP contribution in [0.1, 0.15) is 158 Å². The number of allylic oxidation sites excluding steroid dienone is 2. The minimum Gasteiger partial charge on any atom is -0.449 e. The average Bonchev–Trinajstić information content (AvgIpc) is 3.90. The highest BCUT2D eigenvalue weighted by atomic mass is 32.2. The molecule has 384 valence electrons. The Morgan fingerprint density at radius 3 is 1.12 bits per heavy atom. The lowest BCUT2D eigenvalue weighted by Crippen LogP contribution is -2.46. The summed E-state index contributed by atoms with van der Waals surface area (Å²) in [5.41, 5.74) is 0. The van der Waals surface area contributed by atoms with Crippen molar-refractivity contribution in [3.63, 3.8) is 0 Å². The van der Waals surface area contributed by atoms with E-state index >= 15 is 0 Å². The lowest BCUT2D eigenvalue weighted by Gasteiger charge is -2.28. The third-order valence-corrected chi connectivity index (χ3v) is 25.1. The molecule has 0 radical (unpaired) electrons. The van der Waals surface area contributed by atoms with Gasteiger partial charge in [0.05, 0.1) is 16.9 Å². The van der Waals surface area contributed by atoms with Crippen LogP contribution in [0.4, 0.5) is 9.59 Å². The van der Waals surface area contributed by atoms with Crippen LogP contribution in [-0.4, -0.2) is 107 Å². The van der Waals surface area contributed by atoms with Crippen LogP contribution in [0.15, 0.2) is 26.8 Å². The maximum Gasteiger partial charge on any atom is 0.500 e. The molecule has 2 aliphatic rings. The third kappa shape index (κ3) is 26.5. The molecule has 2 N–H and O–H groups in total. The molecule has 2 rings (SSSR count). The molecule has 0 fully saturated rings. The molecular weight excluding hydrogens is 989 g/mol. The molecule has 0 aliphatic carbocycles. The predicted octanol–water partition coefficient (Wildman–Crippen LogP) is 14.7. The highest BCUT2D eigenvalue weighted by molar-refractivity contribution is 8.40. The molecule has 0 bridgehead atoms. The van der Waals surface area contributed by atoms with Crippen molar-refractivity contribution in [2.24, 2.45) is 0 Å². The summed E-state index contributed by atoms with van der Waals surface area (Å²) in [6.07, 6.45) is 17.9. The van der Waals surface area contributed by atoms with E-state index in [1.165, 1.54) is 104 Å². The zero-order valence-electron chi connectivity index (χ0n) is 41.7. The van der Waals surface area contributed by atoms with Crippen molar-refractivity contribution in [1.29, 1.82) is 0 Å². The van der Waals surface area contributed by atoms with Gasteiger partial charge in [-0.2, -0.15) is 0 Å². The number of nitrogens with one attached hydrogen (secondary N) is 2. The van der Waals surface area contributed by atoms with Crippen LogP contribution in [0, 0.1) is 0 Å². The zero-order chi connectivity index (χ0) is 48.1. The Balaban J connectivity index is 2.00. The van der Waals surface area contributed by atoms with E-state index < -0.39 is 29.8 Å². The molecule has 0 unspecified atom stereocenters. The van der Waals surface area contributed by atoms with Gasteiger partial charge in [-0.3, -0.25) is 0 Å². The van der Waals surface area contributed by atoms with Gasteiger partial charge in [0.25, 0.3) is 0 Å². The van der Waals surface area contributed by atoms with Gasteiger partial charge in [0.15, 0.2) is 0 Å². The smallest absolute Gasteiger partial charge is 0.449 e. The van der Waals surface area contributed by atoms with Gasteiger partial charge in [-0.1, -0.05) is 125 Å².